The minimum absolute atomic E-state index is 0. The lowest BCUT2D eigenvalue weighted by atomic mass is 10.1. The highest BCUT2D eigenvalue weighted by molar-refractivity contribution is 5.98. The summed E-state index contributed by atoms with van der Waals surface area (Å²) >= 11 is 0. The van der Waals surface area contributed by atoms with E-state index in [4.69, 9.17) is 4.99 Å². The van der Waals surface area contributed by atoms with Crippen molar-refractivity contribution in [3.8, 4) is 0 Å². The molecule has 0 radical (unpaired) electrons. The number of para-hydroxylation sites is 1. The minimum Gasteiger partial charge on any atom is -0.326 e. The summed E-state index contributed by atoms with van der Waals surface area (Å²) in [4.78, 5) is 7.15. The smallest absolute Gasteiger partial charge is 0.104 e. The van der Waals surface area contributed by atoms with Gasteiger partial charge in [0.15, 0.2) is 0 Å². The molecule has 110 valence electrons. The fourth-order valence-corrected chi connectivity index (χ4v) is 2.63. The number of halogens is 1. The molecule has 1 atom stereocenters. The second-order valence-corrected chi connectivity index (χ2v) is 5.34. The molecule has 0 saturated heterocycles. The first-order chi connectivity index (χ1) is 9.83. The van der Waals surface area contributed by atoms with Crippen molar-refractivity contribution in [2.45, 2.75) is 32.4 Å². The van der Waals surface area contributed by atoms with E-state index in [1.165, 1.54) is 17.1 Å². The van der Waals surface area contributed by atoms with Crippen LogP contribution >= 0.6 is 12.4 Å². The lowest BCUT2D eigenvalue weighted by molar-refractivity contribution is 0.739. The molecule has 2 nitrogen and oxygen atoms in total. The van der Waals surface area contributed by atoms with Crippen LogP contribution in [0.4, 0.5) is 5.69 Å². The van der Waals surface area contributed by atoms with Crippen LogP contribution in [0.25, 0.3) is 0 Å². The van der Waals surface area contributed by atoms with E-state index in [0.29, 0.717) is 6.04 Å². The lowest BCUT2D eigenvalue weighted by Crippen LogP contribution is -2.28. The molecule has 3 heteroatoms. The Morgan fingerprint density at radius 1 is 1.00 bits per heavy atom. The number of nitrogens with zero attached hydrogens (tertiary/aromatic N) is 2. The van der Waals surface area contributed by atoms with Gasteiger partial charge in [-0.15, -0.1) is 12.4 Å². The second-order valence-electron chi connectivity index (χ2n) is 5.34. The van der Waals surface area contributed by atoms with Gasteiger partial charge < -0.3 is 4.90 Å². The van der Waals surface area contributed by atoms with Gasteiger partial charge in [-0.2, -0.15) is 0 Å². The standard InChI is InChI=1S/C18H20N2.ClH/c1-15-12-13-18(19-15)20(17-10-6-3-7-11-17)14-16-8-4-2-5-9-16;/h2-11,15H,12-14H2,1H3;1H. The van der Waals surface area contributed by atoms with Crippen molar-refractivity contribution in [1.29, 1.82) is 0 Å². The molecular weight excluding hydrogens is 280 g/mol. The summed E-state index contributed by atoms with van der Waals surface area (Å²) in [7, 11) is 0. The maximum absolute atomic E-state index is 4.80. The number of amidine groups is 1. The first-order valence-corrected chi connectivity index (χ1v) is 7.26. The van der Waals surface area contributed by atoms with Gasteiger partial charge in [0.25, 0.3) is 0 Å². The SMILES string of the molecule is CC1CCC(N(Cc2ccccc2)c2ccccc2)=N1.Cl. The predicted molar refractivity (Wildman–Crippen MR) is 92.4 cm³/mol. The van der Waals surface area contributed by atoms with E-state index in [9.17, 15) is 0 Å². The Kier molecular flexibility index (Phi) is 5.40. The number of hydrogen-bond acceptors (Lipinski definition) is 2. The van der Waals surface area contributed by atoms with Crippen molar-refractivity contribution < 1.29 is 0 Å². The van der Waals surface area contributed by atoms with Gasteiger partial charge in [-0.3, -0.25) is 4.99 Å². The van der Waals surface area contributed by atoms with E-state index < -0.39 is 0 Å². The highest BCUT2D eigenvalue weighted by atomic mass is 35.5. The zero-order valence-corrected chi connectivity index (χ0v) is 13.1. The van der Waals surface area contributed by atoms with Crippen LogP contribution in [0.1, 0.15) is 25.3 Å². The molecule has 3 rings (SSSR count). The average Bonchev–Trinajstić information content (AvgIpc) is 2.93. The Hall–Kier alpha value is -1.80. The topological polar surface area (TPSA) is 15.6 Å². The minimum atomic E-state index is 0. The van der Waals surface area contributed by atoms with Crippen LogP contribution in [-0.4, -0.2) is 11.9 Å². The van der Waals surface area contributed by atoms with Crippen molar-refractivity contribution >= 4 is 23.9 Å². The molecule has 21 heavy (non-hydrogen) atoms. The van der Waals surface area contributed by atoms with Crippen LogP contribution in [-0.2, 0) is 6.54 Å². The van der Waals surface area contributed by atoms with Crippen LogP contribution in [0.5, 0.6) is 0 Å². The summed E-state index contributed by atoms with van der Waals surface area (Å²) in [6.07, 6.45) is 2.23. The van der Waals surface area contributed by atoms with Gasteiger partial charge in [-0.1, -0.05) is 48.5 Å². The summed E-state index contributed by atoms with van der Waals surface area (Å²) in [5.74, 6) is 1.22. The van der Waals surface area contributed by atoms with Crippen LogP contribution in [0.3, 0.4) is 0 Å². The molecule has 2 aromatic carbocycles. The molecule has 1 aliphatic rings. The quantitative estimate of drug-likeness (QED) is 0.802. The summed E-state index contributed by atoms with van der Waals surface area (Å²) in [5, 5.41) is 0. The molecule has 1 aliphatic heterocycles. The Balaban J connectivity index is 0.00000161. The molecule has 0 aromatic heterocycles. The van der Waals surface area contributed by atoms with Gasteiger partial charge in [0.1, 0.15) is 5.84 Å². The normalized spacial score (nSPS) is 17.0. The maximum atomic E-state index is 4.80. The molecule has 0 fully saturated rings. The first-order valence-electron chi connectivity index (χ1n) is 7.26. The van der Waals surface area contributed by atoms with Crippen LogP contribution in [0.2, 0.25) is 0 Å². The van der Waals surface area contributed by atoms with Crippen LogP contribution < -0.4 is 4.90 Å². The number of aliphatic imine (C=N–C) groups is 1. The van der Waals surface area contributed by atoms with Gasteiger partial charge in [0.2, 0.25) is 0 Å². The molecular formula is C18H21ClN2. The van der Waals surface area contributed by atoms with E-state index in [-0.39, 0.29) is 12.4 Å². The largest absolute Gasteiger partial charge is 0.326 e. The second kappa shape index (κ2) is 7.28. The molecule has 0 amide bonds. The van der Waals surface area contributed by atoms with Crippen molar-refractivity contribution in [2.24, 2.45) is 4.99 Å². The van der Waals surface area contributed by atoms with Gasteiger partial charge in [0, 0.05) is 24.7 Å². The van der Waals surface area contributed by atoms with Crippen molar-refractivity contribution in [1.82, 2.24) is 0 Å². The molecule has 1 unspecified atom stereocenters. The fraction of sp³-hybridized carbons (Fsp3) is 0.278. The highest BCUT2D eigenvalue weighted by Crippen LogP contribution is 2.23. The van der Waals surface area contributed by atoms with Gasteiger partial charge in [-0.25, -0.2) is 0 Å². The maximum Gasteiger partial charge on any atom is 0.104 e. The van der Waals surface area contributed by atoms with Gasteiger partial charge in [-0.05, 0) is 31.0 Å². The van der Waals surface area contributed by atoms with Crippen molar-refractivity contribution in [3.63, 3.8) is 0 Å². The zero-order valence-electron chi connectivity index (χ0n) is 12.3. The summed E-state index contributed by atoms with van der Waals surface area (Å²) in [6, 6.07) is 21.6. The number of benzene rings is 2. The summed E-state index contributed by atoms with van der Waals surface area (Å²) in [5.41, 5.74) is 2.54. The van der Waals surface area contributed by atoms with Crippen LogP contribution in [0, 0.1) is 0 Å². The molecule has 2 aromatic rings. The van der Waals surface area contributed by atoms with Crippen molar-refractivity contribution in [2.75, 3.05) is 4.90 Å². The third-order valence-electron chi connectivity index (χ3n) is 3.72. The first kappa shape index (κ1) is 15.6. The van der Waals surface area contributed by atoms with Gasteiger partial charge in [0.05, 0.1) is 0 Å². The van der Waals surface area contributed by atoms with Gasteiger partial charge >= 0.3 is 0 Å². The summed E-state index contributed by atoms with van der Waals surface area (Å²) < 4.78 is 0. The fourth-order valence-electron chi connectivity index (χ4n) is 2.63. The highest BCUT2D eigenvalue weighted by Gasteiger charge is 2.20. The average molecular weight is 301 g/mol. The Morgan fingerprint density at radius 3 is 2.19 bits per heavy atom. The van der Waals surface area contributed by atoms with E-state index >= 15 is 0 Å². The number of rotatable bonds is 3. The zero-order chi connectivity index (χ0) is 13.8. The van der Waals surface area contributed by atoms with Crippen molar-refractivity contribution in [3.05, 3.63) is 66.2 Å². The lowest BCUT2D eigenvalue weighted by Gasteiger charge is -2.25. The van der Waals surface area contributed by atoms with E-state index in [0.717, 1.165) is 19.4 Å². The summed E-state index contributed by atoms with van der Waals surface area (Å²) in [6.45, 7) is 3.08. The number of anilines is 1. The number of hydrogen-bond donors (Lipinski definition) is 0. The third kappa shape index (κ3) is 3.85. The Labute approximate surface area is 132 Å². The molecule has 0 aliphatic carbocycles. The van der Waals surface area contributed by atoms with E-state index in [1.54, 1.807) is 0 Å². The third-order valence-corrected chi connectivity index (χ3v) is 3.72. The van der Waals surface area contributed by atoms with E-state index in [2.05, 4.69) is 72.5 Å². The monoisotopic (exact) mass is 300 g/mol. The molecule has 0 spiro atoms. The molecule has 0 bridgehead atoms. The molecule has 0 N–H and O–H groups in total. The predicted octanol–water partition coefficient (Wildman–Crippen LogP) is 4.70. The molecule has 1 heterocycles. The Bertz CT molecular complexity index is 581. The molecule has 0 saturated carbocycles. The van der Waals surface area contributed by atoms with Crippen LogP contribution in [0.15, 0.2) is 65.7 Å². The Morgan fingerprint density at radius 2 is 1.62 bits per heavy atom. The van der Waals surface area contributed by atoms with E-state index in [1.807, 2.05) is 0 Å².